The molecule has 3 heteroatoms. The first-order valence-corrected chi connectivity index (χ1v) is 8.67. The van der Waals surface area contributed by atoms with Crippen LogP contribution < -0.4 is 5.32 Å². The van der Waals surface area contributed by atoms with Gasteiger partial charge in [-0.05, 0) is 64.1 Å². The third kappa shape index (κ3) is 7.61. The number of nitrogens with zero attached hydrogens (tertiary/aromatic N) is 1. The number of ether oxygens (including phenoxy) is 1. The Labute approximate surface area is 126 Å². The molecular weight excluding hydrogens is 248 g/mol. The lowest BCUT2D eigenvalue weighted by molar-refractivity contribution is 0.105. The average molecular weight is 284 g/mol. The standard InChI is InChI=1S/C17H36N2O/c1-5-10-19-11-6-8-17(13-19)16(4)18-9-7-12-20-14-15(2)3/h15-18H,5-14H2,1-4H3. The third-order valence-electron chi connectivity index (χ3n) is 4.17. The molecule has 0 spiro atoms. The minimum absolute atomic E-state index is 0.639. The van der Waals surface area contributed by atoms with Crippen molar-refractivity contribution < 1.29 is 4.74 Å². The average Bonchev–Trinajstić information content (AvgIpc) is 2.43. The second-order valence-corrected chi connectivity index (χ2v) is 6.77. The molecule has 0 bridgehead atoms. The second-order valence-electron chi connectivity index (χ2n) is 6.77. The van der Waals surface area contributed by atoms with Crippen LogP contribution in [0.1, 0.15) is 53.4 Å². The van der Waals surface area contributed by atoms with E-state index in [1.165, 1.54) is 38.9 Å². The molecule has 1 rings (SSSR count). The molecule has 3 nitrogen and oxygen atoms in total. The molecule has 1 heterocycles. The van der Waals surface area contributed by atoms with E-state index in [0.29, 0.717) is 12.0 Å². The van der Waals surface area contributed by atoms with Gasteiger partial charge in [-0.25, -0.2) is 0 Å². The van der Waals surface area contributed by atoms with Crippen LogP contribution in [0.15, 0.2) is 0 Å². The van der Waals surface area contributed by atoms with Crippen LogP contribution >= 0.6 is 0 Å². The van der Waals surface area contributed by atoms with Crippen molar-refractivity contribution in [2.75, 3.05) is 39.4 Å². The second kappa shape index (κ2) is 10.6. The van der Waals surface area contributed by atoms with Gasteiger partial charge in [-0.3, -0.25) is 0 Å². The fraction of sp³-hybridized carbons (Fsp3) is 1.00. The molecule has 20 heavy (non-hydrogen) atoms. The van der Waals surface area contributed by atoms with Gasteiger partial charge in [-0.2, -0.15) is 0 Å². The summed E-state index contributed by atoms with van der Waals surface area (Å²) in [5.74, 6) is 1.47. The molecule has 1 aliphatic rings. The quantitative estimate of drug-likeness (QED) is 0.624. The van der Waals surface area contributed by atoms with Gasteiger partial charge in [0.1, 0.15) is 0 Å². The highest BCUT2D eigenvalue weighted by Gasteiger charge is 2.23. The number of piperidine rings is 1. The largest absolute Gasteiger partial charge is 0.381 e. The molecule has 0 radical (unpaired) electrons. The molecule has 1 fully saturated rings. The smallest absolute Gasteiger partial charge is 0.0489 e. The minimum Gasteiger partial charge on any atom is -0.381 e. The number of likely N-dealkylation sites (tertiary alicyclic amines) is 1. The molecule has 2 unspecified atom stereocenters. The van der Waals surface area contributed by atoms with E-state index >= 15 is 0 Å². The fourth-order valence-electron chi connectivity index (χ4n) is 3.01. The lowest BCUT2D eigenvalue weighted by Gasteiger charge is -2.36. The Hall–Kier alpha value is -0.120. The fourth-order valence-corrected chi connectivity index (χ4v) is 3.01. The van der Waals surface area contributed by atoms with Crippen molar-refractivity contribution in [1.29, 1.82) is 0 Å². The van der Waals surface area contributed by atoms with Gasteiger partial charge in [0, 0.05) is 25.8 Å². The van der Waals surface area contributed by atoms with Crippen LogP contribution in [0.25, 0.3) is 0 Å². The maximum Gasteiger partial charge on any atom is 0.0489 e. The molecule has 120 valence electrons. The van der Waals surface area contributed by atoms with E-state index in [1.807, 2.05) is 0 Å². The van der Waals surface area contributed by atoms with Crippen molar-refractivity contribution >= 4 is 0 Å². The van der Waals surface area contributed by atoms with Crippen molar-refractivity contribution in [3.63, 3.8) is 0 Å². The van der Waals surface area contributed by atoms with Crippen LogP contribution in [0.5, 0.6) is 0 Å². The maximum absolute atomic E-state index is 5.62. The van der Waals surface area contributed by atoms with E-state index < -0.39 is 0 Å². The first-order valence-electron chi connectivity index (χ1n) is 8.67. The Bertz CT molecular complexity index is 231. The van der Waals surface area contributed by atoms with Gasteiger partial charge in [-0.1, -0.05) is 20.8 Å². The number of nitrogens with one attached hydrogen (secondary N) is 1. The zero-order chi connectivity index (χ0) is 14.8. The van der Waals surface area contributed by atoms with Crippen LogP contribution in [-0.4, -0.2) is 50.3 Å². The van der Waals surface area contributed by atoms with E-state index in [1.54, 1.807) is 0 Å². The van der Waals surface area contributed by atoms with Crippen LogP contribution in [0.2, 0.25) is 0 Å². The summed E-state index contributed by atoms with van der Waals surface area (Å²) >= 11 is 0. The van der Waals surface area contributed by atoms with Gasteiger partial charge >= 0.3 is 0 Å². The normalized spacial score (nSPS) is 22.4. The van der Waals surface area contributed by atoms with E-state index in [-0.39, 0.29) is 0 Å². The molecule has 0 aromatic carbocycles. The van der Waals surface area contributed by atoms with Gasteiger partial charge in [0.05, 0.1) is 0 Å². The third-order valence-corrected chi connectivity index (χ3v) is 4.17. The highest BCUT2D eigenvalue weighted by atomic mass is 16.5. The molecule has 0 aromatic heterocycles. The predicted molar refractivity (Wildman–Crippen MR) is 87.2 cm³/mol. The molecule has 1 aliphatic heterocycles. The van der Waals surface area contributed by atoms with Crippen molar-refractivity contribution in [3.8, 4) is 0 Å². The molecule has 1 N–H and O–H groups in total. The Morgan fingerprint density at radius 2 is 2.10 bits per heavy atom. The minimum atomic E-state index is 0.639. The highest BCUT2D eigenvalue weighted by Crippen LogP contribution is 2.19. The molecule has 1 saturated heterocycles. The van der Waals surface area contributed by atoms with Crippen molar-refractivity contribution in [2.45, 2.75) is 59.4 Å². The summed E-state index contributed by atoms with van der Waals surface area (Å²) < 4.78 is 5.62. The summed E-state index contributed by atoms with van der Waals surface area (Å²) in [6.45, 7) is 15.8. The SMILES string of the molecule is CCCN1CCCC(C(C)NCCCOCC(C)C)C1. The van der Waals surface area contributed by atoms with E-state index in [0.717, 1.165) is 32.1 Å². The monoisotopic (exact) mass is 284 g/mol. The zero-order valence-electron chi connectivity index (χ0n) is 14.2. The van der Waals surface area contributed by atoms with Gasteiger partial charge in [0.15, 0.2) is 0 Å². The zero-order valence-corrected chi connectivity index (χ0v) is 14.2. The summed E-state index contributed by atoms with van der Waals surface area (Å²) in [6.07, 6.45) is 5.16. The first kappa shape index (κ1) is 17.9. The lowest BCUT2D eigenvalue weighted by atomic mass is 9.91. The van der Waals surface area contributed by atoms with Crippen molar-refractivity contribution in [2.24, 2.45) is 11.8 Å². The van der Waals surface area contributed by atoms with Crippen molar-refractivity contribution in [1.82, 2.24) is 10.2 Å². The van der Waals surface area contributed by atoms with E-state index in [2.05, 4.69) is 37.9 Å². The molecule has 0 saturated carbocycles. The lowest BCUT2D eigenvalue weighted by Crippen LogP contribution is -2.45. The maximum atomic E-state index is 5.62. The Morgan fingerprint density at radius 3 is 2.80 bits per heavy atom. The summed E-state index contributed by atoms with van der Waals surface area (Å²) in [7, 11) is 0. The molecule has 0 aliphatic carbocycles. The summed E-state index contributed by atoms with van der Waals surface area (Å²) in [4.78, 5) is 2.64. The summed E-state index contributed by atoms with van der Waals surface area (Å²) in [5.41, 5.74) is 0. The van der Waals surface area contributed by atoms with Crippen LogP contribution in [0, 0.1) is 11.8 Å². The Morgan fingerprint density at radius 1 is 1.30 bits per heavy atom. The van der Waals surface area contributed by atoms with Gasteiger partial charge < -0.3 is 15.0 Å². The van der Waals surface area contributed by atoms with E-state index in [9.17, 15) is 0 Å². The van der Waals surface area contributed by atoms with Crippen LogP contribution in [0.3, 0.4) is 0 Å². The molecule has 0 amide bonds. The molecule has 0 aromatic rings. The van der Waals surface area contributed by atoms with Crippen LogP contribution in [-0.2, 0) is 4.74 Å². The predicted octanol–water partition coefficient (Wildman–Crippen LogP) is 3.15. The molecular formula is C17H36N2O. The first-order chi connectivity index (χ1) is 9.63. The highest BCUT2D eigenvalue weighted by molar-refractivity contribution is 4.80. The van der Waals surface area contributed by atoms with Crippen molar-refractivity contribution in [3.05, 3.63) is 0 Å². The van der Waals surface area contributed by atoms with Gasteiger partial charge in [0.25, 0.3) is 0 Å². The topological polar surface area (TPSA) is 24.5 Å². The summed E-state index contributed by atoms with van der Waals surface area (Å²) in [6, 6.07) is 0.639. The van der Waals surface area contributed by atoms with Crippen LogP contribution in [0.4, 0.5) is 0 Å². The number of hydrogen-bond acceptors (Lipinski definition) is 3. The van der Waals surface area contributed by atoms with Gasteiger partial charge in [0.2, 0.25) is 0 Å². The molecule has 2 atom stereocenters. The van der Waals surface area contributed by atoms with E-state index in [4.69, 9.17) is 4.74 Å². The number of hydrogen-bond donors (Lipinski definition) is 1. The van der Waals surface area contributed by atoms with Gasteiger partial charge in [-0.15, -0.1) is 0 Å². The Balaban J connectivity index is 2.07. The number of rotatable bonds is 10. The Kier molecular flexibility index (Phi) is 9.49. The summed E-state index contributed by atoms with van der Waals surface area (Å²) in [5, 5.41) is 3.70.